The van der Waals surface area contributed by atoms with Crippen LogP contribution in [-0.4, -0.2) is 16.1 Å². The number of phenolic OH excluding ortho intramolecular Hbond substituents is 1. The van der Waals surface area contributed by atoms with Gasteiger partial charge in [-0.05, 0) is 25.1 Å². The molecule has 4 heteroatoms. The van der Waals surface area contributed by atoms with Gasteiger partial charge in [-0.2, -0.15) is 0 Å². The molecule has 0 bridgehead atoms. The van der Waals surface area contributed by atoms with Crippen molar-refractivity contribution in [2.45, 2.75) is 13.5 Å². The molecule has 1 amide bonds. The van der Waals surface area contributed by atoms with Gasteiger partial charge in [-0.1, -0.05) is 24.3 Å². The van der Waals surface area contributed by atoms with Gasteiger partial charge < -0.3 is 15.5 Å². The predicted octanol–water partition coefficient (Wildman–Crippen LogP) is 2.45. The molecule has 0 atom stereocenters. The molecule has 0 aliphatic carbocycles. The number of nitrogens with one attached hydrogen (secondary N) is 1. The molecule has 0 aliphatic heterocycles. The van der Waals surface area contributed by atoms with Gasteiger partial charge in [0.05, 0.1) is 6.61 Å². The maximum absolute atomic E-state index is 12.2. The van der Waals surface area contributed by atoms with Crippen LogP contribution in [0.2, 0.25) is 0 Å². The summed E-state index contributed by atoms with van der Waals surface area (Å²) in [7, 11) is 0. The second kappa shape index (κ2) is 5.54. The third-order valence-electron chi connectivity index (χ3n) is 2.99. The summed E-state index contributed by atoms with van der Waals surface area (Å²) in [4.78, 5) is 12.2. The minimum Gasteiger partial charge on any atom is -0.508 e. The lowest BCUT2D eigenvalue weighted by molar-refractivity contribution is 0.102. The molecule has 19 heavy (non-hydrogen) atoms. The topological polar surface area (TPSA) is 69.6 Å². The summed E-state index contributed by atoms with van der Waals surface area (Å²) in [6.45, 7) is 1.54. The fourth-order valence-electron chi connectivity index (χ4n) is 1.84. The molecule has 0 aliphatic rings. The van der Waals surface area contributed by atoms with E-state index in [0.29, 0.717) is 22.4 Å². The Labute approximate surface area is 111 Å². The summed E-state index contributed by atoms with van der Waals surface area (Å²) in [6, 6.07) is 11.8. The SMILES string of the molecule is Cc1c(O)cccc1C(=O)Nc1ccccc1CO. The highest BCUT2D eigenvalue weighted by molar-refractivity contribution is 6.06. The number of aliphatic hydroxyl groups is 1. The maximum atomic E-state index is 12.2. The second-order valence-electron chi connectivity index (χ2n) is 4.22. The Morgan fingerprint density at radius 1 is 1.16 bits per heavy atom. The Bertz CT molecular complexity index is 608. The van der Waals surface area contributed by atoms with Gasteiger partial charge in [0.15, 0.2) is 0 Å². The van der Waals surface area contributed by atoms with Crippen LogP contribution < -0.4 is 5.32 Å². The zero-order valence-corrected chi connectivity index (χ0v) is 10.6. The van der Waals surface area contributed by atoms with Crippen LogP contribution in [0.15, 0.2) is 42.5 Å². The lowest BCUT2D eigenvalue weighted by Crippen LogP contribution is -2.14. The summed E-state index contributed by atoms with van der Waals surface area (Å²) < 4.78 is 0. The lowest BCUT2D eigenvalue weighted by Gasteiger charge is -2.11. The van der Waals surface area contributed by atoms with E-state index in [1.165, 1.54) is 6.07 Å². The Morgan fingerprint density at radius 3 is 2.63 bits per heavy atom. The van der Waals surface area contributed by atoms with Crippen LogP contribution in [0, 0.1) is 6.92 Å². The van der Waals surface area contributed by atoms with Gasteiger partial charge in [-0.15, -0.1) is 0 Å². The molecule has 0 radical (unpaired) electrons. The van der Waals surface area contributed by atoms with Crippen molar-refractivity contribution in [3.8, 4) is 5.75 Å². The largest absolute Gasteiger partial charge is 0.508 e. The highest BCUT2D eigenvalue weighted by Gasteiger charge is 2.12. The van der Waals surface area contributed by atoms with Crippen LogP contribution >= 0.6 is 0 Å². The van der Waals surface area contributed by atoms with Gasteiger partial charge >= 0.3 is 0 Å². The first-order valence-electron chi connectivity index (χ1n) is 5.92. The number of anilines is 1. The first kappa shape index (κ1) is 13.1. The predicted molar refractivity (Wildman–Crippen MR) is 73.2 cm³/mol. The molecule has 0 saturated carbocycles. The summed E-state index contributed by atoms with van der Waals surface area (Å²) in [6.07, 6.45) is 0. The number of hydrogen-bond donors (Lipinski definition) is 3. The van der Waals surface area contributed by atoms with Crippen LogP contribution in [0.3, 0.4) is 0 Å². The third-order valence-corrected chi connectivity index (χ3v) is 2.99. The maximum Gasteiger partial charge on any atom is 0.256 e. The van der Waals surface area contributed by atoms with E-state index in [4.69, 9.17) is 0 Å². The fraction of sp³-hybridized carbons (Fsp3) is 0.133. The standard InChI is InChI=1S/C15H15NO3/c1-10-12(6-4-8-14(10)18)15(19)16-13-7-3-2-5-11(13)9-17/h2-8,17-18H,9H2,1H3,(H,16,19). The number of aromatic hydroxyl groups is 1. The van der Waals surface area contributed by atoms with Gasteiger partial charge in [-0.3, -0.25) is 4.79 Å². The van der Waals surface area contributed by atoms with E-state index in [0.717, 1.165) is 0 Å². The molecule has 2 rings (SSSR count). The highest BCUT2D eigenvalue weighted by atomic mass is 16.3. The number of phenols is 1. The minimum absolute atomic E-state index is 0.0862. The number of rotatable bonds is 3. The number of para-hydroxylation sites is 1. The van der Waals surface area contributed by atoms with Crippen molar-refractivity contribution in [1.82, 2.24) is 0 Å². The number of hydrogen-bond acceptors (Lipinski definition) is 3. The van der Waals surface area contributed by atoms with E-state index in [-0.39, 0.29) is 18.3 Å². The molecular weight excluding hydrogens is 242 g/mol. The average molecular weight is 257 g/mol. The van der Waals surface area contributed by atoms with Crippen LogP contribution in [0.4, 0.5) is 5.69 Å². The van der Waals surface area contributed by atoms with Crippen LogP contribution in [0.25, 0.3) is 0 Å². The third kappa shape index (κ3) is 2.74. The van der Waals surface area contributed by atoms with Crippen LogP contribution in [-0.2, 0) is 6.61 Å². The highest BCUT2D eigenvalue weighted by Crippen LogP contribution is 2.22. The summed E-state index contributed by atoms with van der Waals surface area (Å²) in [5.41, 5.74) is 2.15. The molecule has 0 heterocycles. The Hall–Kier alpha value is -2.33. The molecular formula is C15H15NO3. The zero-order chi connectivity index (χ0) is 13.8. The molecule has 2 aromatic carbocycles. The van der Waals surface area contributed by atoms with Crippen molar-refractivity contribution in [3.05, 3.63) is 59.2 Å². The minimum atomic E-state index is -0.311. The van der Waals surface area contributed by atoms with Crippen molar-refractivity contribution in [1.29, 1.82) is 0 Å². The molecule has 0 spiro atoms. The summed E-state index contributed by atoms with van der Waals surface area (Å²) >= 11 is 0. The number of carbonyl (C=O) groups excluding carboxylic acids is 1. The first-order chi connectivity index (χ1) is 9.13. The number of benzene rings is 2. The van der Waals surface area contributed by atoms with E-state index >= 15 is 0 Å². The summed E-state index contributed by atoms with van der Waals surface area (Å²) in [5.74, 6) is -0.225. The van der Waals surface area contributed by atoms with Crippen molar-refractivity contribution in [2.24, 2.45) is 0 Å². The first-order valence-corrected chi connectivity index (χ1v) is 5.92. The molecule has 2 aromatic rings. The monoisotopic (exact) mass is 257 g/mol. The lowest BCUT2D eigenvalue weighted by atomic mass is 10.1. The van der Waals surface area contributed by atoms with Crippen LogP contribution in [0.1, 0.15) is 21.5 Å². The van der Waals surface area contributed by atoms with E-state index in [9.17, 15) is 15.0 Å². The van der Waals surface area contributed by atoms with Gasteiger partial charge in [0.1, 0.15) is 5.75 Å². The Morgan fingerprint density at radius 2 is 1.89 bits per heavy atom. The van der Waals surface area contributed by atoms with Gasteiger partial charge in [-0.25, -0.2) is 0 Å². The van der Waals surface area contributed by atoms with E-state index in [1.807, 2.05) is 0 Å². The van der Waals surface area contributed by atoms with Crippen LogP contribution in [0.5, 0.6) is 5.75 Å². The number of aliphatic hydroxyl groups excluding tert-OH is 1. The quantitative estimate of drug-likeness (QED) is 0.791. The van der Waals surface area contributed by atoms with Gasteiger partial charge in [0.2, 0.25) is 0 Å². The van der Waals surface area contributed by atoms with Crippen molar-refractivity contribution < 1.29 is 15.0 Å². The number of carbonyl (C=O) groups is 1. The smallest absolute Gasteiger partial charge is 0.256 e. The van der Waals surface area contributed by atoms with Crippen molar-refractivity contribution in [3.63, 3.8) is 0 Å². The summed E-state index contributed by atoms with van der Waals surface area (Å²) in [5, 5.41) is 21.5. The molecule has 0 saturated heterocycles. The van der Waals surface area contributed by atoms with E-state index < -0.39 is 0 Å². The second-order valence-corrected chi connectivity index (χ2v) is 4.22. The van der Waals surface area contributed by atoms with E-state index in [1.54, 1.807) is 43.3 Å². The molecule has 4 nitrogen and oxygen atoms in total. The van der Waals surface area contributed by atoms with Gasteiger partial charge in [0, 0.05) is 22.4 Å². The Balaban J connectivity index is 2.28. The molecule has 0 unspecified atom stereocenters. The van der Waals surface area contributed by atoms with Crippen molar-refractivity contribution >= 4 is 11.6 Å². The number of amides is 1. The zero-order valence-electron chi connectivity index (χ0n) is 10.6. The molecule has 0 fully saturated rings. The van der Waals surface area contributed by atoms with Gasteiger partial charge in [0.25, 0.3) is 5.91 Å². The molecule has 98 valence electrons. The molecule has 0 aromatic heterocycles. The molecule has 3 N–H and O–H groups in total. The Kier molecular flexibility index (Phi) is 3.82. The average Bonchev–Trinajstić information content (AvgIpc) is 2.42. The fourth-order valence-corrected chi connectivity index (χ4v) is 1.84. The van der Waals surface area contributed by atoms with E-state index in [2.05, 4.69) is 5.32 Å². The van der Waals surface area contributed by atoms with Crippen molar-refractivity contribution in [2.75, 3.05) is 5.32 Å². The normalized spacial score (nSPS) is 10.2.